The number of aliphatic carboxylic acids is 1. The van der Waals surface area contributed by atoms with Gasteiger partial charge in [0.25, 0.3) is 5.91 Å². The summed E-state index contributed by atoms with van der Waals surface area (Å²) in [5.41, 5.74) is 0.959. The van der Waals surface area contributed by atoms with E-state index in [1.165, 1.54) is 0 Å². The summed E-state index contributed by atoms with van der Waals surface area (Å²) < 4.78 is 0. The van der Waals surface area contributed by atoms with E-state index in [0.29, 0.717) is 11.5 Å². The number of amides is 1. The Morgan fingerprint density at radius 3 is 2.59 bits per heavy atom. The van der Waals surface area contributed by atoms with E-state index in [1.54, 1.807) is 26.8 Å². The Balaban J connectivity index is 2.72. The molecule has 0 bridgehead atoms. The monoisotopic (exact) mass is 237 g/mol. The third kappa shape index (κ3) is 4.18. The number of carboxylic acids is 1. The van der Waals surface area contributed by atoms with Crippen molar-refractivity contribution in [1.82, 2.24) is 15.3 Å². The molecule has 17 heavy (non-hydrogen) atoms. The molecule has 0 aromatic carbocycles. The maximum Gasteiger partial charge on any atom is 0.305 e. The van der Waals surface area contributed by atoms with Gasteiger partial charge in [-0.3, -0.25) is 9.59 Å². The van der Waals surface area contributed by atoms with Crippen molar-refractivity contribution in [1.29, 1.82) is 0 Å². The highest BCUT2D eigenvalue weighted by Crippen LogP contribution is 2.01. The molecule has 0 radical (unpaired) electrons. The number of carbonyl (C=O) groups is 2. The molecule has 92 valence electrons. The lowest BCUT2D eigenvalue weighted by molar-refractivity contribution is -0.137. The van der Waals surface area contributed by atoms with E-state index in [1.807, 2.05) is 0 Å². The summed E-state index contributed by atoms with van der Waals surface area (Å²) in [7, 11) is 0. The van der Waals surface area contributed by atoms with Crippen LogP contribution in [0.1, 0.15) is 35.4 Å². The topological polar surface area (TPSA) is 92.2 Å². The normalized spacial score (nSPS) is 11.9. The van der Waals surface area contributed by atoms with Crippen LogP contribution >= 0.6 is 0 Å². The second-order valence-electron chi connectivity index (χ2n) is 3.91. The molecule has 0 aliphatic carbocycles. The van der Waals surface area contributed by atoms with Crippen molar-refractivity contribution in [3.8, 4) is 0 Å². The van der Waals surface area contributed by atoms with Crippen LogP contribution < -0.4 is 5.32 Å². The fraction of sp³-hybridized carbons (Fsp3) is 0.455. The Bertz CT molecular complexity index is 425. The molecule has 6 nitrogen and oxygen atoms in total. The molecule has 0 saturated heterocycles. The van der Waals surface area contributed by atoms with Gasteiger partial charge in [0.15, 0.2) is 0 Å². The van der Waals surface area contributed by atoms with E-state index in [9.17, 15) is 9.59 Å². The van der Waals surface area contributed by atoms with Crippen LogP contribution in [-0.4, -0.2) is 33.0 Å². The summed E-state index contributed by atoms with van der Waals surface area (Å²) in [6.07, 6.45) is -0.116. The van der Waals surface area contributed by atoms with Gasteiger partial charge < -0.3 is 10.4 Å². The Hall–Kier alpha value is -1.98. The Morgan fingerprint density at radius 1 is 1.41 bits per heavy atom. The largest absolute Gasteiger partial charge is 0.481 e. The molecular weight excluding hydrogens is 222 g/mol. The Labute approximate surface area is 99.1 Å². The minimum atomic E-state index is -0.951. The van der Waals surface area contributed by atoms with E-state index in [0.717, 1.165) is 0 Å². The number of carboxylic acid groups (broad SMARTS) is 1. The van der Waals surface area contributed by atoms with Gasteiger partial charge in [-0.1, -0.05) is 0 Å². The van der Waals surface area contributed by atoms with Gasteiger partial charge in [0.2, 0.25) is 0 Å². The molecule has 1 aromatic rings. The summed E-state index contributed by atoms with van der Waals surface area (Å²) in [5.74, 6) is -0.818. The van der Waals surface area contributed by atoms with Crippen molar-refractivity contribution < 1.29 is 14.7 Å². The fourth-order valence-corrected chi connectivity index (χ4v) is 1.44. The number of carbonyl (C=O) groups excluding carboxylic acids is 1. The molecule has 0 aliphatic rings. The van der Waals surface area contributed by atoms with Crippen molar-refractivity contribution in [3.63, 3.8) is 0 Å². The average Bonchev–Trinajstić information content (AvgIpc) is 2.14. The van der Waals surface area contributed by atoms with Crippen LogP contribution in [0.4, 0.5) is 0 Å². The lowest BCUT2D eigenvalue weighted by Gasteiger charge is -2.11. The molecule has 6 heteroatoms. The molecule has 0 fully saturated rings. The van der Waals surface area contributed by atoms with E-state index >= 15 is 0 Å². The molecule has 1 amide bonds. The van der Waals surface area contributed by atoms with Crippen molar-refractivity contribution in [3.05, 3.63) is 23.3 Å². The van der Waals surface area contributed by atoms with E-state index in [-0.39, 0.29) is 18.0 Å². The first-order valence-electron chi connectivity index (χ1n) is 5.23. The van der Waals surface area contributed by atoms with Gasteiger partial charge in [-0.2, -0.15) is 0 Å². The molecule has 0 saturated carbocycles. The number of aromatic nitrogens is 2. The maximum absolute atomic E-state index is 11.7. The third-order valence-corrected chi connectivity index (χ3v) is 2.06. The van der Waals surface area contributed by atoms with Crippen molar-refractivity contribution in [2.24, 2.45) is 0 Å². The molecule has 0 spiro atoms. The van der Waals surface area contributed by atoms with Crippen LogP contribution in [0, 0.1) is 13.8 Å². The SMILES string of the molecule is Cc1cc(C(=O)NC(C)CC(=O)O)nc(C)n1. The third-order valence-electron chi connectivity index (χ3n) is 2.06. The van der Waals surface area contributed by atoms with Crippen LogP contribution in [0.2, 0.25) is 0 Å². The molecule has 1 heterocycles. The molecule has 1 atom stereocenters. The van der Waals surface area contributed by atoms with Crippen LogP contribution in [0.15, 0.2) is 6.07 Å². The summed E-state index contributed by atoms with van der Waals surface area (Å²) in [6.45, 7) is 5.10. The van der Waals surface area contributed by atoms with Crippen LogP contribution in [0.3, 0.4) is 0 Å². The first kappa shape index (κ1) is 13.1. The Kier molecular flexibility index (Phi) is 4.14. The fourth-order valence-electron chi connectivity index (χ4n) is 1.44. The highest BCUT2D eigenvalue weighted by molar-refractivity contribution is 5.92. The second-order valence-corrected chi connectivity index (χ2v) is 3.91. The van der Waals surface area contributed by atoms with Gasteiger partial charge in [-0.25, -0.2) is 9.97 Å². The van der Waals surface area contributed by atoms with Crippen LogP contribution in [-0.2, 0) is 4.79 Å². The first-order valence-corrected chi connectivity index (χ1v) is 5.23. The van der Waals surface area contributed by atoms with Gasteiger partial charge in [-0.15, -0.1) is 0 Å². The molecule has 2 N–H and O–H groups in total. The quantitative estimate of drug-likeness (QED) is 0.803. The summed E-state index contributed by atoms with van der Waals surface area (Å²) >= 11 is 0. The molecule has 1 rings (SSSR count). The van der Waals surface area contributed by atoms with E-state index < -0.39 is 12.0 Å². The zero-order chi connectivity index (χ0) is 13.0. The molecule has 1 aromatic heterocycles. The molecule has 0 aliphatic heterocycles. The van der Waals surface area contributed by atoms with E-state index in [4.69, 9.17) is 5.11 Å². The number of rotatable bonds is 4. The average molecular weight is 237 g/mol. The highest BCUT2D eigenvalue weighted by Gasteiger charge is 2.14. The van der Waals surface area contributed by atoms with Gasteiger partial charge >= 0.3 is 5.97 Å². The number of aryl methyl sites for hydroxylation is 2. The van der Waals surface area contributed by atoms with Crippen LogP contribution in [0.5, 0.6) is 0 Å². The maximum atomic E-state index is 11.7. The molecule has 1 unspecified atom stereocenters. The smallest absolute Gasteiger partial charge is 0.305 e. The summed E-state index contributed by atoms with van der Waals surface area (Å²) in [4.78, 5) is 30.3. The lowest BCUT2D eigenvalue weighted by atomic mass is 10.2. The van der Waals surface area contributed by atoms with Gasteiger partial charge in [0, 0.05) is 11.7 Å². The summed E-state index contributed by atoms with van der Waals surface area (Å²) in [6, 6.07) is 1.13. The number of hydrogen-bond acceptors (Lipinski definition) is 4. The van der Waals surface area contributed by atoms with Crippen molar-refractivity contribution in [2.45, 2.75) is 33.2 Å². The minimum absolute atomic E-state index is 0.116. The standard InChI is InChI=1S/C11H15N3O3/c1-6-4-9(14-8(3)12-6)11(17)13-7(2)5-10(15)16/h4,7H,5H2,1-3H3,(H,13,17)(H,15,16). The molecular formula is C11H15N3O3. The lowest BCUT2D eigenvalue weighted by Crippen LogP contribution is -2.34. The highest BCUT2D eigenvalue weighted by atomic mass is 16.4. The zero-order valence-corrected chi connectivity index (χ0v) is 10.0. The number of nitrogens with zero attached hydrogens (tertiary/aromatic N) is 2. The predicted molar refractivity (Wildman–Crippen MR) is 60.7 cm³/mol. The van der Waals surface area contributed by atoms with Crippen molar-refractivity contribution >= 4 is 11.9 Å². The van der Waals surface area contributed by atoms with Gasteiger partial charge in [0.05, 0.1) is 6.42 Å². The van der Waals surface area contributed by atoms with E-state index in [2.05, 4.69) is 15.3 Å². The van der Waals surface area contributed by atoms with Crippen molar-refractivity contribution in [2.75, 3.05) is 0 Å². The van der Waals surface area contributed by atoms with Gasteiger partial charge in [-0.05, 0) is 26.8 Å². The van der Waals surface area contributed by atoms with Crippen LogP contribution in [0.25, 0.3) is 0 Å². The second kappa shape index (κ2) is 5.38. The number of hydrogen-bond donors (Lipinski definition) is 2. The predicted octanol–water partition coefficient (Wildman–Crippen LogP) is 0.686. The number of nitrogens with one attached hydrogen (secondary N) is 1. The zero-order valence-electron chi connectivity index (χ0n) is 10.0. The first-order chi connectivity index (χ1) is 7.88. The Morgan fingerprint density at radius 2 is 2.06 bits per heavy atom. The van der Waals surface area contributed by atoms with Gasteiger partial charge in [0.1, 0.15) is 11.5 Å². The minimum Gasteiger partial charge on any atom is -0.481 e. The summed E-state index contributed by atoms with van der Waals surface area (Å²) in [5, 5.41) is 11.2.